The van der Waals surface area contributed by atoms with Crippen molar-refractivity contribution in [1.82, 2.24) is 5.32 Å². The molecule has 0 unspecified atom stereocenters. The highest BCUT2D eigenvalue weighted by Crippen LogP contribution is 2.38. The largest absolute Gasteiger partial charge is 0.490 e. The molecule has 3 nitrogen and oxygen atoms in total. The van der Waals surface area contributed by atoms with E-state index in [1.807, 2.05) is 19.1 Å². The zero-order valence-corrected chi connectivity index (χ0v) is 19.4. The molecule has 0 fully saturated rings. The lowest BCUT2D eigenvalue weighted by molar-refractivity contribution is 0.264. The summed E-state index contributed by atoms with van der Waals surface area (Å²) >= 11 is 9.63. The standard InChI is InChI=1S/C24H23BrClF2NO2/c1-2-30-23-13-17(14-29-11-10-16-6-8-18(27)9-7-16)12-20(25)24(23)31-15-19-21(26)4-3-5-22(19)28/h3-9,12-13,29H,2,10-11,14-15H2,1H3. The Balaban J connectivity index is 1.64. The van der Waals surface area contributed by atoms with Gasteiger partial charge in [0.1, 0.15) is 18.2 Å². The number of nitrogens with one attached hydrogen (secondary N) is 1. The Morgan fingerprint density at radius 3 is 2.48 bits per heavy atom. The second-order valence-electron chi connectivity index (χ2n) is 6.88. The summed E-state index contributed by atoms with van der Waals surface area (Å²) in [6.45, 7) is 3.71. The molecule has 31 heavy (non-hydrogen) atoms. The second-order valence-corrected chi connectivity index (χ2v) is 8.14. The van der Waals surface area contributed by atoms with E-state index in [0.29, 0.717) is 39.7 Å². The molecular weight excluding hydrogens is 488 g/mol. The molecule has 0 heterocycles. The van der Waals surface area contributed by atoms with Crippen LogP contribution in [0.15, 0.2) is 59.1 Å². The SMILES string of the molecule is CCOc1cc(CNCCc2ccc(F)cc2)cc(Br)c1OCc1c(F)cccc1Cl. The van der Waals surface area contributed by atoms with Crippen molar-refractivity contribution in [1.29, 1.82) is 0 Å². The van der Waals surface area contributed by atoms with Crippen LogP contribution in [0, 0.1) is 11.6 Å². The first-order chi connectivity index (χ1) is 15.0. The van der Waals surface area contributed by atoms with Crippen LogP contribution < -0.4 is 14.8 Å². The van der Waals surface area contributed by atoms with E-state index >= 15 is 0 Å². The fourth-order valence-electron chi connectivity index (χ4n) is 3.06. The van der Waals surface area contributed by atoms with Crippen LogP contribution in [0.5, 0.6) is 11.5 Å². The molecule has 0 spiro atoms. The van der Waals surface area contributed by atoms with Gasteiger partial charge < -0.3 is 14.8 Å². The Morgan fingerprint density at radius 2 is 1.77 bits per heavy atom. The summed E-state index contributed by atoms with van der Waals surface area (Å²) in [6, 6.07) is 14.9. The molecule has 0 bridgehead atoms. The number of rotatable bonds is 10. The monoisotopic (exact) mass is 509 g/mol. The minimum Gasteiger partial charge on any atom is -0.490 e. The maximum atomic E-state index is 14.0. The Morgan fingerprint density at radius 1 is 1.00 bits per heavy atom. The van der Waals surface area contributed by atoms with E-state index in [1.165, 1.54) is 18.2 Å². The van der Waals surface area contributed by atoms with Gasteiger partial charge in [-0.25, -0.2) is 8.78 Å². The molecule has 0 atom stereocenters. The maximum Gasteiger partial charge on any atom is 0.175 e. The average Bonchev–Trinajstić information content (AvgIpc) is 2.74. The highest BCUT2D eigenvalue weighted by atomic mass is 79.9. The van der Waals surface area contributed by atoms with Crippen molar-refractivity contribution < 1.29 is 18.3 Å². The molecule has 1 N–H and O–H groups in total. The second kappa shape index (κ2) is 11.5. The molecule has 0 radical (unpaired) electrons. The molecule has 0 saturated heterocycles. The van der Waals surface area contributed by atoms with Gasteiger partial charge in [0.2, 0.25) is 0 Å². The molecule has 3 aromatic rings. The van der Waals surface area contributed by atoms with Crippen molar-refractivity contribution in [2.75, 3.05) is 13.2 Å². The van der Waals surface area contributed by atoms with E-state index in [1.54, 1.807) is 24.3 Å². The van der Waals surface area contributed by atoms with Crippen LogP contribution in [0.25, 0.3) is 0 Å². The Hall–Kier alpha value is -2.15. The molecule has 3 rings (SSSR count). The number of ether oxygens (including phenoxy) is 2. The Labute approximate surface area is 194 Å². The van der Waals surface area contributed by atoms with Gasteiger partial charge in [-0.1, -0.05) is 29.8 Å². The number of hydrogen-bond donors (Lipinski definition) is 1. The number of halogens is 4. The van der Waals surface area contributed by atoms with Crippen LogP contribution in [0.2, 0.25) is 5.02 Å². The van der Waals surface area contributed by atoms with Gasteiger partial charge in [-0.15, -0.1) is 0 Å². The molecule has 0 aliphatic carbocycles. The molecule has 7 heteroatoms. The van der Waals surface area contributed by atoms with Crippen molar-refractivity contribution >= 4 is 27.5 Å². The van der Waals surface area contributed by atoms with Crippen molar-refractivity contribution in [3.8, 4) is 11.5 Å². The fourth-order valence-corrected chi connectivity index (χ4v) is 3.88. The molecular formula is C24H23BrClF2NO2. The lowest BCUT2D eigenvalue weighted by Gasteiger charge is -2.16. The highest BCUT2D eigenvalue weighted by Gasteiger charge is 2.15. The van der Waals surface area contributed by atoms with Gasteiger partial charge in [0.05, 0.1) is 16.1 Å². The van der Waals surface area contributed by atoms with Crippen LogP contribution in [0.4, 0.5) is 8.78 Å². The van der Waals surface area contributed by atoms with E-state index < -0.39 is 5.82 Å². The van der Waals surface area contributed by atoms with Crippen molar-refractivity contribution in [2.24, 2.45) is 0 Å². The Bertz CT molecular complexity index is 995. The summed E-state index contributed by atoms with van der Waals surface area (Å²) in [4.78, 5) is 0. The van der Waals surface area contributed by atoms with Crippen LogP contribution in [0.1, 0.15) is 23.6 Å². The first-order valence-electron chi connectivity index (χ1n) is 9.94. The molecule has 0 aliphatic rings. The Kier molecular flexibility index (Phi) is 8.69. The van der Waals surface area contributed by atoms with Gasteiger partial charge in [-0.05, 0) is 83.3 Å². The van der Waals surface area contributed by atoms with Crippen LogP contribution in [0.3, 0.4) is 0 Å². The zero-order chi connectivity index (χ0) is 22.2. The van der Waals surface area contributed by atoms with E-state index in [9.17, 15) is 8.78 Å². The van der Waals surface area contributed by atoms with Gasteiger partial charge in [0, 0.05) is 12.1 Å². The van der Waals surface area contributed by atoms with Crippen molar-refractivity contribution in [3.63, 3.8) is 0 Å². The maximum absolute atomic E-state index is 14.0. The average molecular weight is 511 g/mol. The first-order valence-corrected chi connectivity index (χ1v) is 11.1. The summed E-state index contributed by atoms with van der Waals surface area (Å²) in [6.07, 6.45) is 0.796. The summed E-state index contributed by atoms with van der Waals surface area (Å²) < 4.78 is 39.4. The fraction of sp³-hybridized carbons (Fsp3) is 0.250. The van der Waals surface area contributed by atoms with Crippen LogP contribution in [-0.2, 0) is 19.6 Å². The predicted molar refractivity (Wildman–Crippen MR) is 123 cm³/mol. The smallest absolute Gasteiger partial charge is 0.175 e. The number of hydrogen-bond acceptors (Lipinski definition) is 3. The lowest BCUT2D eigenvalue weighted by atomic mass is 10.1. The quantitative estimate of drug-likeness (QED) is 0.308. The minimum absolute atomic E-state index is 0.0144. The topological polar surface area (TPSA) is 30.5 Å². The van der Waals surface area contributed by atoms with Crippen LogP contribution >= 0.6 is 27.5 Å². The van der Waals surface area contributed by atoms with E-state index in [4.69, 9.17) is 21.1 Å². The van der Waals surface area contributed by atoms with Gasteiger partial charge in [0.15, 0.2) is 11.5 Å². The zero-order valence-electron chi connectivity index (χ0n) is 17.1. The van der Waals surface area contributed by atoms with Crippen LogP contribution in [-0.4, -0.2) is 13.2 Å². The van der Waals surface area contributed by atoms with Crippen molar-refractivity contribution in [3.05, 3.63) is 92.4 Å². The van der Waals surface area contributed by atoms with Crippen molar-refractivity contribution in [2.45, 2.75) is 26.5 Å². The predicted octanol–water partition coefficient (Wildman–Crippen LogP) is 6.69. The molecule has 0 amide bonds. The molecule has 0 saturated carbocycles. The third kappa shape index (κ3) is 6.66. The van der Waals surface area contributed by atoms with Gasteiger partial charge >= 0.3 is 0 Å². The first kappa shape index (κ1) is 23.5. The summed E-state index contributed by atoms with van der Waals surface area (Å²) in [5.74, 6) is 0.420. The number of benzene rings is 3. The van der Waals surface area contributed by atoms with Gasteiger partial charge in [-0.2, -0.15) is 0 Å². The molecule has 0 aliphatic heterocycles. The molecule has 164 valence electrons. The third-order valence-corrected chi connectivity index (χ3v) is 5.57. The van der Waals surface area contributed by atoms with E-state index in [-0.39, 0.29) is 12.4 Å². The van der Waals surface area contributed by atoms with Gasteiger partial charge in [0.25, 0.3) is 0 Å². The molecule has 0 aromatic heterocycles. The normalized spacial score (nSPS) is 10.9. The third-order valence-electron chi connectivity index (χ3n) is 4.62. The van der Waals surface area contributed by atoms with E-state index in [2.05, 4.69) is 21.2 Å². The van der Waals surface area contributed by atoms with Gasteiger partial charge in [-0.3, -0.25) is 0 Å². The lowest BCUT2D eigenvalue weighted by Crippen LogP contribution is -2.17. The minimum atomic E-state index is -0.413. The van der Waals surface area contributed by atoms with E-state index in [0.717, 1.165) is 24.1 Å². The molecule has 3 aromatic carbocycles. The summed E-state index contributed by atoms with van der Waals surface area (Å²) in [5.41, 5.74) is 2.37. The summed E-state index contributed by atoms with van der Waals surface area (Å²) in [7, 11) is 0. The highest BCUT2D eigenvalue weighted by molar-refractivity contribution is 9.10. The summed E-state index contributed by atoms with van der Waals surface area (Å²) in [5, 5.41) is 3.69.